The summed E-state index contributed by atoms with van der Waals surface area (Å²) >= 11 is 0. The van der Waals surface area contributed by atoms with Crippen molar-refractivity contribution in [3.8, 4) is 11.4 Å². The predicted molar refractivity (Wildman–Crippen MR) is 82.2 cm³/mol. The summed E-state index contributed by atoms with van der Waals surface area (Å²) in [5.74, 6) is -2.16. The Kier molecular flexibility index (Phi) is 4.61. The minimum absolute atomic E-state index is 0.228. The van der Waals surface area contributed by atoms with E-state index in [1.165, 1.54) is 18.2 Å². The molecule has 0 saturated carbocycles. The van der Waals surface area contributed by atoms with Crippen LogP contribution in [0.3, 0.4) is 0 Å². The number of hydrogen-bond acceptors (Lipinski definition) is 4. The lowest BCUT2D eigenvalue weighted by Gasteiger charge is -2.20. The van der Waals surface area contributed by atoms with Crippen LogP contribution in [0.1, 0.15) is 36.8 Å². The van der Waals surface area contributed by atoms with E-state index in [1.807, 2.05) is 0 Å². The molecule has 1 aromatic carbocycles. The molecular weight excluding hydrogens is 341 g/mol. The fourth-order valence-electron chi connectivity index (χ4n) is 2.02. The summed E-state index contributed by atoms with van der Waals surface area (Å²) in [6, 6.07) is 6.00. The second-order valence-electron chi connectivity index (χ2n) is 6.23. The van der Waals surface area contributed by atoms with Crippen LogP contribution < -0.4 is 10.3 Å². The second-order valence-corrected chi connectivity index (χ2v) is 6.23. The van der Waals surface area contributed by atoms with Gasteiger partial charge in [0.25, 0.3) is 5.56 Å². The third-order valence-electron chi connectivity index (χ3n) is 3.23. The summed E-state index contributed by atoms with van der Waals surface area (Å²) in [5, 5.41) is 13.3. The maximum Gasteiger partial charge on any atom is 0.573 e. The molecule has 2 rings (SSSR count). The molecule has 2 aromatic rings. The molecule has 6 nitrogen and oxygen atoms in total. The third-order valence-corrected chi connectivity index (χ3v) is 3.23. The molecule has 134 valence electrons. The molecular formula is C16H15F3N2O4. The van der Waals surface area contributed by atoms with Gasteiger partial charge >= 0.3 is 12.3 Å². The molecule has 0 saturated heterocycles. The first-order valence-electron chi connectivity index (χ1n) is 7.13. The Morgan fingerprint density at radius 2 is 1.80 bits per heavy atom. The summed E-state index contributed by atoms with van der Waals surface area (Å²) in [6.45, 7) is 5.19. The minimum Gasteiger partial charge on any atom is -0.477 e. The van der Waals surface area contributed by atoms with Crippen LogP contribution in [0.25, 0.3) is 5.69 Å². The molecule has 9 heteroatoms. The molecule has 0 aliphatic carbocycles. The Labute approximate surface area is 140 Å². The molecule has 1 aromatic heterocycles. The lowest BCUT2D eigenvalue weighted by atomic mass is 9.91. The zero-order valence-electron chi connectivity index (χ0n) is 13.6. The van der Waals surface area contributed by atoms with E-state index in [4.69, 9.17) is 0 Å². The molecule has 0 bridgehead atoms. The molecule has 0 aliphatic rings. The van der Waals surface area contributed by atoms with Gasteiger partial charge in [-0.05, 0) is 18.2 Å². The average molecular weight is 356 g/mol. The van der Waals surface area contributed by atoms with Crippen LogP contribution in [0, 0.1) is 0 Å². The maximum absolute atomic E-state index is 12.6. The minimum atomic E-state index is -4.98. The highest BCUT2D eigenvalue weighted by atomic mass is 19.4. The van der Waals surface area contributed by atoms with Crippen LogP contribution in [0.5, 0.6) is 5.75 Å². The van der Waals surface area contributed by atoms with Gasteiger partial charge in [0.1, 0.15) is 11.3 Å². The van der Waals surface area contributed by atoms with Gasteiger partial charge in [-0.1, -0.05) is 32.9 Å². The molecule has 0 radical (unpaired) electrons. The topological polar surface area (TPSA) is 81.4 Å². The number of aromatic carboxylic acids is 1. The summed E-state index contributed by atoms with van der Waals surface area (Å²) in [7, 11) is 0. The van der Waals surface area contributed by atoms with Gasteiger partial charge in [-0.25, -0.2) is 4.79 Å². The number of alkyl halides is 3. The molecule has 0 fully saturated rings. The van der Waals surface area contributed by atoms with E-state index < -0.39 is 34.6 Å². The lowest BCUT2D eigenvalue weighted by molar-refractivity contribution is -0.274. The highest BCUT2D eigenvalue weighted by Gasteiger charge is 2.33. The van der Waals surface area contributed by atoms with Crippen molar-refractivity contribution in [1.29, 1.82) is 0 Å². The van der Waals surface area contributed by atoms with Gasteiger partial charge in [-0.2, -0.15) is 9.78 Å². The molecule has 0 spiro atoms. The molecule has 25 heavy (non-hydrogen) atoms. The first-order valence-corrected chi connectivity index (χ1v) is 7.13. The lowest BCUT2D eigenvalue weighted by Crippen LogP contribution is -2.32. The van der Waals surface area contributed by atoms with E-state index in [0.717, 1.165) is 12.1 Å². The smallest absolute Gasteiger partial charge is 0.477 e. The predicted octanol–water partition coefficient (Wildman–Crippen LogP) is 3.13. The Balaban J connectivity index is 2.78. The number of nitrogens with zero attached hydrogens (tertiary/aromatic N) is 2. The number of carboxylic acids is 1. The summed E-state index contributed by atoms with van der Waals surface area (Å²) in [5.41, 5.74) is -2.37. The number of para-hydroxylation sites is 2. The van der Waals surface area contributed by atoms with E-state index >= 15 is 0 Å². The quantitative estimate of drug-likeness (QED) is 0.914. The van der Waals surface area contributed by atoms with Crippen LogP contribution in [0.15, 0.2) is 35.1 Å². The van der Waals surface area contributed by atoms with E-state index in [-0.39, 0.29) is 11.4 Å². The number of rotatable bonds is 3. The molecule has 0 amide bonds. The van der Waals surface area contributed by atoms with Crippen molar-refractivity contribution in [2.75, 3.05) is 0 Å². The number of benzene rings is 1. The second kappa shape index (κ2) is 6.23. The van der Waals surface area contributed by atoms with Crippen LogP contribution in [-0.2, 0) is 5.41 Å². The van der Waals surface area contributed by atoms with Crippen LogP contribution in [-0.4, -0.2) is 27.2 Å². The number of carboxylic acid groups (broad SMARTS) is 1. The highest BCUT2D eigenvalue weighted by Crippen LogP contribution is 2.28. The van der Waals surface area contributed by atoms with Crippen molar-refractivity contribution in [2.24, 2.45) is 0 Å². The van der Waals surface area contributed by atoms with Crippen molar-refractivity contribution < 1.29 is 27.8 Å². The maximum atomic E-state index is 12.6. The number of hydrogen-bond donors (Lipinski definition) is 1. The molecule has 1 N–H and O–H groups in total. The van der Waals surface area contributed by atoms with E-state index in [9.17, 15) is 27.9 Å². The van der Waals surface area contributed by atoms with Gasteiger partial charge in [0.05, 0.1) is 5.69 Å². The number of halogens is 3. The highest BCUT2D eigenvalue weighted by molar-refractivity contribution is 5.87. The van der Waals surface area contributed by atoms with Gasteiger partial charge in [-0.3, -0.25) is 4.79 Å². The monoisotopic (exact) mass is 356 g/mol. The van der Waals surface area contributed by atoms with Crippen LogP contribution in [0.2, 0.25) is 0 Å². The standard InChI is InChI=1S/C16H15F3N2O4/c1-15(2,3)12-8-9(14(23)24)13(22)21(20-12)10-6-4-5-7-11(10)25-16(17,18)19/h4-8H,1-3H3,(H,23,24). The van der Waals surface area contributed by atoms with Gasteiger partial charge in [0, 0.05) is 5.41 Å². The van der Waals surface area contributed by atoms with Crippen molar-refractivity contribution in [2.45, 2.75) is 32.5 Å². The van der Waals surface area contributed by atoms with E-state index in [1.54, 1.807) is 20.8 Å². The molecule has 0 atom stereocenters. The SMILES string of the molecule is CC(C)(C)c1cc(C(=O)O)c(=O)n(-c2ccccc2OC(F)(F)F)n1. The van der Waals surface area contributed by atoms with Gasteiger partial charge in [0.2, 0.25) is 0 Å². The number of carbonyl (C=O) groups is 1. The Morgan fingerprint density at radius 3 is 2.32 bits per heavy atom. The van der Waals surface area contributed by atoms with Crippen LogP contribution in [0.4, 0.5) is 13.2 Å². The fourth-order valence-corrected chi connectivity index (χ4v) is 2.02. The molecule has 1 heterocycles. The normalized spacial score (nSPS) is 12.1. The summed E-state index contributed by atoms with van der Waals surface area (Å²) in [6.07, 6.45) is -4.98. The average Bonchev–Trinajstić information content (AvgIpc) is 2.45. The Bertz CT molecular complexity index is 867. The third kappa shape index (κ3) is 4.17. The number of ether oxygens (including phenoxy) is 1. The van der Waals surface area contributed by atoms with Gasteiger partial charge < -0.3 is 9.84 Å². The van der Waals surface area contributed by atoms with E-state index in [0.29, 0.717) is 4.68 Å². The van der Waals surface area contributed by atoms with Gasteiger partial charge in [0.15, 0.2) is 5.75 Å². The molecule has 0 unspecified atom stereocenters. The zero-order valence-corrected chi connectivity index (χ0v) is 13.6. The van der Waals surface area contributed by atoms with Gasteiger partial charge in [-0.15, -0.1) is 13.2 Å². The van der Waals surface area contributed by atoms with Crippen molar-refractivity contribution in [3.05, 3.63) is 51.9 Å². The number of aromatic nitrogens is 2. The summed E-state index contributed by atoms with van der Waals surface area (Å²) < 4.78 is 42.3. The molecule has 0 aliphatic heterocycles. The van der Waals surface area contributed by atoms with Crippen molar-refractivity contribution in [1.82, 2.24) is 9.78 Å². The van der Waals surface area contributed by atoms with Crippen molar-refractivity contribution in [3.63, 3.8) is 0 Å². The first kappa shape index (κ1) is 18.5. The fraction of sp³-hybridized carbons (Fsp3) is 0.312. The van der Waals surface area contributed by atoms with E-state index in [2.05, 4.69) is 9.84 Å². The Morgan fingerprint density at radius 1 is 1.20 bits per heavy atom. The first-order chi connectivity index (χ1) is 11.4. The largest absolute Gasteiger partial charge is 0.573 e. The van der Waals surface area contributed by atoms with Crippen molar-refractivity contribution >= 4 is 5.97 Å². The zero-order chi connectivity index (χ0) is 19.0. The summed E-state index contributed by atoms with van der Waals surface area (Å²) in [4.78, 5) is 23.7. The Hall–Kier alpha value is -2.84. The van der Waals surface area contributed by atoms with Crippen LogP contribution >= 0.6 is 0 Å².